The van der Waals surface area contributed by atoms with E-state index in [2.05, 4.69) is 20.4 Å². The number of aromatic nitrogens is 2. The van der Waals surface area contributed by atoms with Crippen molar-refractivity contribution >= 4 is 11.7 Å². The van der Waals surface area contributed by atoms with Gasteiger partial charge in [0.05, 0.1) is 5.69 Å². The fourth-order valence-corrected chi connectivity index (χ4v) is 3.58. The molecule has 0 atom stereocenters. The van der Waals surface area contributed by atoms with Gasteiger partial charge in [-0.05, 0) is 66.9 Å². The van der Waals surface area contributed by atoms with Gasteiger partial charge in [0.25, 0.3) is 0 Å². The van der Waals surface area contributed by atoms with Gasteiger partial charge in [0.15, 0.2) is 5.82 Å². The number of nitrogens with one attached hydrogen (secondary N) is 1. The first-order chi connectivity index (χ1) is 14.6. The molecule has 2 heterocycles. The summed E-state index contributed by atoms with van der Waals surface area (Å²) >= 11 is 0. The molecule has 1 N–H and O–H groups in total. The first-order valence-corrected chi connectivity index (χ1v) is 9.95. The van der Waals surface area contributed by atoms with E-state index in [-0.39, 0.29) is 23.5 Å². The van der Waals surface area contributed by atoms with Crippen LogP contribution in [0.1, 0.15) is 18.4 Å². The molecule has 7 heteroatoms. The molecule has 1 aliphatic rings. The Morgan fingerprint density at radius 2 is 1.53 bits per heavy atom. The van der Waals surface area contributed by atoms with E-state index in [0.29, 0.717) is 12.2 Å². The molecule has 1 aromatic heterocycles. The molecule has 0 unspecified atom stereocenters. The van der Waals surface area contributed by atoms with Crippen molar-refractivity contribution < 1.29 is 13.6 Å². The van der Waals surface area contributed by atoms with Gasteiger partial charge in [-0.25, -0.2) is 8.78 Å². The van der Waals surface area contributed by atoms with Gasteiger partial charge in [-0.15, -0.1) is 10.2 Å². The molecule has 1 aliphatic heterocycles. The summed E-state index contributed by atoms with van der Waals surface area (Å²) in [7, 11) is 0. The Morgan fingerprint density at radius 1 is 0.900 bits per heavy atom. The first-order valence-electron chi connectivity index (χ1n) is 9.95. The maximum atomic E-state index is 13.1. The zero-order valence-corrected chi connectivity index (χ0v) is 16.4. The lowest BCUT2D eigenvalue weighted by atomic mass is 9.96. The van der Waals surface area contributed by atoms with Gasteiger partial charge in [-0.2, -0.15) is 0 Å². The average molecular weight is 408 g/mol. The van der Waals surface area contributed by atoms with Gasteiger partial charge in [-0.3, -0.25) is 4.79 Å². The van der Waals surface area contributed by atoms with Crippen LogP contribution in [-0.2, 0) is 11.3 Å². The third-order valence-corrected chi connectivity index (χ3v) is 5.36. The Kier molecular flexibility index (Phi) is 5.97. The molecule has 5 nitrogen and oxygen atoms in total. The zero-order chi connectivity index (χ0) is 20.9. The fraction of sp³-hybridized carbons (Fsp3) is 0.261. The smallest absolute Gasteiger partial charge is 0.223 e. The Bertz CT molecular complexity index is 983. The van der Waals surface area contributed by atoms with Crippen LogP contribution in [0.4, 0.5) is 14.6 Å². The molecule has 3 aromatic rings. The Labute approximate surface area is 173 Å². The predicted molar refractivity (Wildman–Crippen MR) is 111 cm³/mol. The van der Waals surface area contributed by atoms with Crippen molar-refractivity contribution in [2.75, 3.05) is 18.0 Å². The van der Waals surface area contributed by atoms with E-state index in [1.807, 2.05) is 12.1 Å². The number of nitrogens with zero attached hydrogens (tertiary/aromatic N) is 3. The highest BCUT2D eigenvalue weighted by Gasteiger charge is 2.25. The summed E-state index contributed by atoms with van der Waals surface area (Å²) in [6.45, 7) is 1.84. The number of benzene rings is 2. The Morgan fingerprint density at radius 3 is 2.13 bits per heavy atom. The van der Waals surface area contributed by atoms with Crippen LogP contribution in [0.25, 0.3) is 11.3 Å². The third kappa shape index (κ3) is 4.79. The summed E-state index contributed by atoms with van der Waals surface area (Å²) in [5, 5.41) is 11.5. The molecule has 0 radical (unpaired) electrons. The van der Waals surface area contributed by atoms with E-state index in [1.165, 1.54) is 24.3 Å². The molecule has 0 bridgehead atoms. The monoisotopic (exact) mass is 408 g/mol. The Balaban J connectivity index is 1.29. The lowest BCUT2D eigenvalue weighted by molar-refractivity contribution is -0.125. The van der Waals surface area contributed by atoms with Crippen LogP contribution < -0.4 is 10.2 Å². The van der Waals surface area contributed by atoms with Gasteiger partial charge >= 0.3 is 0 Å². The number of hydrogen-bond donors (Lipinski definition) is 1. The van der Waals surface area contributed by atoms with Gasteiger partial charge in [0, 0.05) is 31.1 Å². The minimum absolute atomic E-state index is 0.0247. The number of piperidine rings is 1. The Hall–Kier alpha value is -3.35. The van der Waals surface area contributed by atoms with Gasteiger partial charge in [0.2, 0.25) is 5.91 Å². The molecule has 1 fully saturated rings. The van der Waals surface area contributed by atoms with Crippen LogP contribution in [0.3, 0.4) is 0 Å². The largest absolute Gasteiger partial charge is 0.355 e. The number of carbonyl (C=O) groups is 1. The van der Waals surface area contributed by atoms with Crippen molar-refractivity contribution in [2.45, 2.75) is 19.4 Å². The van der Waals surface area contributed by atoms with Crippen molar-refractivity contribution in [2.24, 2.45) is 5.92 Å². The van der Waals surface area contributed by atoms with Crippen LogP contribution in [-0.4, -0.2) is 29.2 Å². The molecule has 1 amide bonds. The number of anilines is 1. The summed E-state index contributed by atoms with van der Waals surface area (Å²) < 4.78 is 26.0. The summed E-state index contributed by atoms with van der Waals surface area (Å²) in [4.78, 5) is 14.6. The number of hydrogen-bond acceptors (Lipinski definition) is 4. The summed E-state index contributed by atoms with van der Waals surface area (Å²) in [6, 6.07) is 16.1. The normalized spacial score (nSPS) is 14.5. The number of carbonyl (C=O) groups excluding carboxylic acids is 1. The van der Waals surface area contributed by atoms with Crippen molar-refractivity contribution in [1.82, 2.24) is 15.5 Å². The third-order valence-electron chi connectivity index (χ3n) is 5.36. The van der Waals surface area contributed by atoms with Crippen LogP contribution >= 0.6 is 0 Å². The quantitative estimate of drug-likeness (QED) is 0.695. The average Bonchev–Trinajstić information content (AvgIpc) is 2.79. The van der Waals surface area contributed by atoms with Crippen LogP contribution in [0.2, 0.25) is 0 Å². The molecule has 4 rings (SSSR count). The molecular formula is C23H22F2N4O. The maximum Gasteiger partial charge on any atom is 0.223 e. The van der Waals surface area contributed by atoms with E-state index < -0.39 is 0 Å². The number of amides is 1. The highest BCUT2D eigenvalue weighted by atomic mass is 19.1. The summed E-state index contributed by atoms with van der Waals surface area (Å²) in [5.41, 5.74) is 2.37. The summed E-state index contributed by atoms with van der Waals surface area (Å²) in [5.74, 6) is 0.176. The van der Waals surface area contributed by atoms with Crippen molar-refractivity contribution in [3.05, 3.63) is 77.9 Å². The standard InChI is InChI=1S/C23H22F2N4O/c24-19-5-1-16(2-6-19)15-26-23(30)18-11-13-29(14-12-18)22-10-9-21(27-28-22)17-3-7-20(25)8-4-17/h1-10,18H,11-15H2,(H,26,30). The minimum Gasteiger partial charge on any atom is -0.355 e. The number of rotatable bonds is 5. The first kappa shape index (κ1) is 19.9. The molecule has 0 saturated carbocycles. The van der Waals surface area contributed by atoms with Gasteiger partial charge in [0.1, 0.15) is 11.6 Å². The van der Waals surface area contributed by atoms with Crippen molar-refractivity contribution in [3.8, 4) is 11.3 Å². The molecule has 154 valence electrons. The molecule has 30 heavy (non-hydrogen) atoms. The number of halogens is 2. The zero-order valence-electron chi connectivity index (χ0n) is 16.4. The highest BCUT2D eigenvalue weighted by molar-refractivity contribution is 5.79. The van der Waals surface area contributed by atoms with E-state index in [9.17, 15) is 13.6 Å². The lowest BCUT2D eigenvalue weighted by Gasteiger charge is -2.31. The maximum absolute atomic E-state index is 13.1. The molecule has 1 saturated heterocycles. The predicted octanol–water partition coefficient (Wildman–Crippen LogP) is 3.95. The summed E-state index contributed by atoms with van der Waals surface area (Å²) in [6.07, 6.45) is 1.47. The van der Waals surface area contributed by atoms with Crippen LogP contribution in [0, 0.1) is 17.6 Å². The van der Waals surface area contributed by atoms with E-state index in [1.54, 1.807) is 24.3 Å². The van der Waals surface area contributed by atoms with Gasteiger partial charge in [-0.1, -0.05) is 12.1 Å². The topological polar surface area (TPSA) is 58.1 Å². The van der Waals surface area contributed by atoms with Crippen molar-refractivity contribution in [3.63, 3.8) is 0 Å². The highest BCUT2D eigenvalue weighted by Crippen LogP contribution is 2.24. The second kappa shape index (κ2) is 8.98. The fourth-order valence-electron chi connectivity index (χ4n) is 3.58. The molecular weight excluding hydrogens is 386 g/mol. The van der Waals surface area contributed by atoms with E-state index in [0.717, 1.165) is 42.9 Å². The van der Waals surface area contributed by atoms with Gasteiger partial charge < -0.3 is 10.2 Å². The molecule has 0 spiro atoms. The van der Waals surface area contributed by atoms with Crippen molar-refractivity contribution in [1.29, 1.82) is 0 Å². The van der Waals surface area contributed by atoms with E-state index in [4.69, 9.17) is 0 Å². The minimum atomic E-state index is -0.286. The van der Waals surface area contributed by atoms with Crippen LogP contribution in [0.15, 0.2) is 60.7 Å². The second-order valence-electron chi connectivity index (χ2n) is 7.39. The molecule has 0 aliphatic carbocycles. The lowest BCUT2D eigenvalue weighted by Crippen LogP contribution is -2.40. The SMILES string of the molecule is O=C(NCc1ccc(F)cc1)C1CCN(c2ccc(-c3ccc(F)cc3)nn2)CC1. The van der Waals surface area contributed by atoms with Crippen LogP contribution in [0.5, 0.6) is 0 Å². The molecule has 2 aromatic carbocycles. The van der Waals surface area contributed by atoms with E-state index >= 15 is 0 Å². The second-order valence-corrected chi connectivity index (χ2v) is 7.39.